The number of benzene rings is 1. The first-order valence-corrected chi connectivity index (χ1v) is 11.0. The predicted octanol–water partition coefficient (Wildman–Crippen LogP) is 2.23. The summed E-state index contributed by atoms with van der Waals surface area (Å²) in [4.78, 5) is 32.9. The number of amides is 2. The first-order chi connectivity index (χ1) is 15.8. The van der Waals surface area contributed by atoms with Gasteiger partial charge in [0.25, 0.3) is 0 Å². The molecule has 0 bridgehead atoms. The minimum Gasteiger partial charge on any atom is -0.344 e. The molecule has 0 aliphatic carbocycles. The number of nitrogens with zero attached hydrogens (tertiary/aromatic N) is 4. The maximum absolute atomic E-state index is 13.2. The molecule has 178 valence electrons. The van der Waals surface area contributed by atoms with E-state index >= 15 is 0 Å². The van der Waals surface area contributed by atoms with Crippen molar-refractivity contribution in [2.45, 2.75) is 50.9 Å². The number of hydrogen-bond acceptors (Lipinski definition) is 4. The maximum atomic E-state index is 13.2. The highest BCUT2D eigenvalue weighted by molar-refractivity contribution is 5.92. The van der Waals surface area contributed by atoms with Crippen molar-refractivity contribution in [1.29, 1.82) is 5.26 Å². The molecule has 2 N–H and O–H groups in total. The van der Waals surface area contributed by atoms with Gasteiger partial charge in [-0.05, 0) is 43.7 Å². The minimum absolute atomic E-state index is 0.00583. The number of halogens is 3. The van der Waals surface area contributed by atoms with Gasteiger partial charge in [-0.1, -0.05) is 18.2 Å². The zero-order valence-corrected chi connectivity index (χ0v) is 18.2. The largest absolute Gasteiger partial charge is 0.416 e. The molecule has 2 heterocycles. The van der Waals surface area contributed by atoms with E-state index in [-0.39, 0.29) is 36.4 Å². The van der Waals surface area contributed by atoms with Crippen molar-refractivity contribution in [3.8, 4) is 6.19 Å². The Morgan fingerprint density at radius 2 is 1.85 bits per heavy atom. The normalized spacial score (nSPS) is 19.8. The molecule has 2 aliphatic heterocycles. The summed E-state index contributed by atoms with van der Waals surface area (Å²) in [6.45, 7) is 1.52. The van der Waals surface area contributed by atoms with Crippen LogP contribution in [0.15, 0.2) is 29.3 Å². The first-order valence-electron chi connectivity index (χ1n) is 11.0. The second kappa shape index (κ2) is 11.0. The lowest BCUT2D eigenvalue weighted by molar-refractivity contribution is -0.140. The van der Waals surface area contributed by atoms with Crippen molar-refractivity contribution in [3.63, 3.8) is 0 Å². The minimum atomic E-state index is -4.53. The Bertz CT molecular complexity index is 921. The molecule has 1 aromatic carbocycles. The van der Waals surface area contributed by atoms with Crippen LogP contribution in [0.5, 0.6) is 0 Å². The third-order valence-corrected chi connectivity index (χ3v) is 5.78. The average molecular weight is 464 g/mol. The molecular weight excluding hydrogens is 437 g/mol. The number of hydrogen-bond donors (Lipinski definition) is 2. The van der Waals surface area contributed by atoms with E-state index in [4.69, 9.17) is 5.26 Å². The van der Waals surface area contributed by atoms with Crippen LogP contribution >= 0.6 is 0 Å². The highest BCUT2D eigenvalue weighted by atomic mass is 19.4. The molecule has 2 aliphatic rings. The Hall–Kier alpha value is -3.29. The second-order valence-electron chi connectivity index (χ2n) is 8.10. The van der Waals surface area contributed by atoms with Gasteiger partial charge in [0.05, 0.1) is 18.7 Å². The van der Waals surface area contributed by atoms with Crippen LogP contribution in [-0.4, -0.2) is 59.8 Å². The van der Waals surface area contributed by atoms with Gasteiger partial charge in [-0.2, -0.15) is 18.4 Å². The van der Waals surface area contributed by atoms with E-state index < -0.39 is 17.8 Å². The SMILES string of the molecule is N#CNC(=NCc1ccccc1C(F)(F)F)N[C@H]1CCCCN(CC(=O)N2CCCC2)C1=O. The number of nitrogens with one attached hydrogen (secondary N) is 2. The summed E-state index contributed by atoms with van der Waals surface area (Å²) in [7, 11) is 0. The Balaban J connectivity index is 1.70. The number of aliphatic imine (C=N–C) groups is 1. The second-order valence-corrected chi connectivity index (χ2v) is 8.10. The third-order valence-electron chi connectivity index (χ3n) is 5.78. The summed E-state index contributed by atoms with van der Waals surface area (Å²) >= 11 is 0. The van der Waals surface area contributed by atoms with Crippen molar-refractivity contribution < 1.29 is 22.8 Å². The van der Waals surface area contributed by atoms with E-state index in [2.05, 4.69) is 15.6 Å². The van der Waals surface area contributed by atoms with Crippen molar-refractivity contribution in [2.24, 2.45) is 4.99 Å². The molecule has 0 saturated carbocycles. The molecule has 11 heteroatoms. The smallest absolute Gasteiger partial charge is 0.344 e. The van der Waals surface area contributed by atoms with Crippen LogP contribution in [0, 0.1) is 11.5 Å². The first kappa shape index (κ1) is 24.4. The molecule has 8 nitrogen and oxygen atoms in total. The monoisotopic (exact) mass is 464 g/mol. The number of nitriles is 1. The zero-order chi connectivity index (χ0) is 23.8. The van der Waals surface area contributed by atoms with Crippen molar-refractivity contribution in [3.05, 3.63) is 35.4 Å². The zero-order valence-electron chi connectivity index (χ0n) is 18.2. The lowest BCUT2D eigenvalue weighted by Gasteiger charge is -2.27. The fourth-order valence-corrected chi connectivity index (χ4v) is 4.06. The quantitative estimate of drug-likeness (QED) is 0.301. The van der Waals surface area contributed by atoms with Crippen LogP contribution in [-0.2, 0) is 22.3 Å². The molecule has 2 amide bonds. The van der Waals surface area contributed by atoms with Gasteiger partial charge in [-0.3, -0.25) is 14.9 Å². The van der Waals surface area contributed by atoms with Gasteiger partial charge >= 0.3 is 6.18 Å². The summed E-state index contributed by atoms with van der Waals surface area (Å²) in [6, 6.07) is 4.33. The number of carbonyl (C=O) groups is 2. The van der Waals surface area contributed by atoms with E-state index in [1.807, 2.05) is 0 Å². The molecule has 1 aromatic rings. The molecule has 0 spiro atoms. The van der Waals surface area contributed by atoms with Crippen molar-refractivity contribution in [1.82, 2.24) is 20.4 Å². The Morgan fingerprint density at radius 1 is 1.15 bits per heavy atom. The Labute approximate surface area is 190 Å². The third kappa shape index (κ3) is 6.60. The highest BCUT2D eigenvalue weighted by Crippen LogP contribution is 2.32. The van der Waals surface area contributed by atoms with Gasteiger partial charge < -0.3 is 15.1 Å². The van der Waals surface area contributed by atoms with Crippen molar-refractivity contribution in [2.75, 3.05) is 26.2 Å². The topological polar surface area (TPSA) is 101 Å². The van der Waals surface area contributed by atoms with E-state index in [1.165, 1.54) is 23.1 Å². The van der Waals surface area contributed by atoms with Gasteiger partial charge in [0.2, 0.25) is 17.8 Å². The fourth-order valence-electron chi connectivity index (χ4n) is 4.06. The molecule has 1 atom stereocenters. The summed E-state index contributed by atoms with van der Waals surface area (Å²) in [5.74, 6) is -0.460. The molecule has 2 fully saturated rings. The molecule has 0 unspecified atom stereocenters. The summed E-state index contributed by atoms with van der Waals surface area (Å²) < 4.78 is 39.7. The van der Waals surface area contributed by atoms with Crippen LogP contribution in [0.4, 0.5) is 13.2 Å². The van der Waals surface area contributed by atoms with Crippen LogP contribution < -0.4 is 10.6 Å². The lowest BCUT2D eigenvalue weighted by atomic mass is 10.1. The molecule has 2 saturated heterocycles. The Kier molecular flexibility index (Phi) is 8.14. The average Bonchev–Trinajstić information content (AvgIpc) is 3.27. The van der Waals surface area contributed by atoms with Gasteiger partial charge in [0.1, 0.15) is 6.04 Å². The van der Waals surface area contributed by atoms with Gasteiger partial charge in [0.15, 0.2) is 6.19 Å². The Morgan fingerprint density at radius 3 is 2.55 bits per heavy atom. The standard InChI is InChI=1S/C22H27F3N6O2/c23-22(24,25)17-8-2-1-7-16(17)13-27-21(28-15-26)29-18-9-3-4-12-31(20(18)33)14-19(32)30-10-5-6-11-30/h1-2,7-8,18H,3-6,9-14H2,(H2,27,28,29)/t18-/m0/s1. The number of likely N-dealkylation sites (tertiary alicyclic amines) is 2. The number of rotatable bonds is 5. The molecule has 0 aromatic heterocycles. The maximum Gasteiger partial charge on any atom is 0.416 e. The van der Waals surface area contributed by atoms with Gasteiger partial charge in [-0.15, -0.1) is 0 Å². The number of alkyl halides is 3. The molecule has 33 heavy (non-hydrogen) atoms. The van der Waals surface area contributed by atoms with Crippen LogP contribution in [0.1, 0.15) is 43.2 Å². The van der Waals surface area contributed by atoms with Crippen LogP contribution in [0.2, 0.25) is 0 Å². The summed E-state index contributed by atoms with van der Waals surface area (Å²) in [6.07, 6.45) is 0.995. The highest BCUT2D eigenvalue weighted by Gasteiger charge is 2.33. The van der Waals surface area contributed by atoms with Crippen LogP contribution in [0.3, 0.4) is 0 Å². The van der Waals surface area contributed by atoms with E-state index in [9.17, 15) is 22.8 Å². The number of carbonyl (C=O) groups excluding carboxylic acids is 2. The van der Waals surface area contributed by atoms with Crippen LogP contribution in [0.25, 0.3) is 0 Å². The fraction of sp³-hybridized carbons (Fsp3) is 0.545. The lowest BCUT2D eigenvalue weighted by Crippen LogP contribution is -2.52. The van der Waals surface area contributed by atoms with Crippen molar-refractivity contribution >= 4 is 17.8 Å². The van der Waals surface area contributed by atoms with Gasteiger partial charge in [0, 0.05) is 19.6 Å². The van der Waals surface area contributed by atoms with E-state index in [0.29, 0.717) is 32.5 Å². The number of guanidine groups is 1. The molecule has 3 rings (SSSR count). The molecular formula is C22H27F3N6O2. The summed E-state index contributed by atoms with van der Waals surface area (Å²) in [5.41, 5.74) is -0.851. The van der Waals surface area contributed by atoms with E-state index in [1.54, 1.807) is 11.1 Å². The summed E-state index contributed by atoms with van der Waals surface area (Å²) in [5, 5.41) is 14.2. The predicted molar refractivity (Wildman–Crippen MR) is 115 cm³/mol. The van der Waals surface area contributed by atoms with E-state index in [0.717, 1.165) is 25.3 Å². The molecule has 0 radical (unpaired) electrons. The van der Waals surface area contributed by atoms with Gasteiger partial charge in [-0.25, -0.2) is 4.99 Å².